The number of carboxylic acid groups (broad SMARTS) is 1. The molecule has 1 atom stereocenters. The molecule has 0 spiro atoms. The van der Waals surface area contributed by atoms with Crippen molar-refractivity contribution in [1.82, 2.24) is 4.37 Å². The number of benzene rings is 3. The first-order chi connectivity index (χ1) is 15.1. The van der Waals surface area contributed by atoms with Crippen molar-refractivity contribution in [2.75, 3.05) is 11.9 Å². The summed E-state index contributed by atoms with van der Waals surface area (Å²) in [5.74, 6) is -0.479. The van der Waals surface area contributed by atoms with Gasteiger partial charge in [0.15, 0.2) is 11.9 Å². The highest BCUT2D eigenvalue weighted by Gasteiger charge is 2.14. The number of carboxylic acids is 1. The van der Waals surface area contributed by atoms with Crippen LogP contribution in [0.5, 0.6) is 0 Å². The van der Waals surface area contributed by atoms with E-state index in [0.29, 0.717) is 10.8 Å². The van der Waals surface area contributed by atoms with Crippen LogP contribution in [-0.4, -0.2) is 39.4 Å². The molecule has 1 heterocycles. The van der Waals surface area contributed by atoms with Crippen molar-refractivity contribution in [2.45, 2.75) is 6.04 Å². The van der Waals surface area contributed by atoms with Crippen molar-refractivity contribution in [3.63, 3.8) is 0 Å². The number of hydrogen-bond acceptors (Lipinski definition) is 6. The third-order valence-corrected chi connectivity index (χ3v) is 5.91. The van der Waals surface area contributed by atoms with Gasteiger partial charge in [0.05, 0.1) is 22.0 Å². The van der Waals surface area contributed by atoms with Crippen LogP contribution >= 0.6 is 23.1 Å². The molecule has 3 aromatic carbocycles. The molecule has 0 aliphatic rings. The van der Waals surface area contributed by atoms with E-state index in [4.69, 9.17) is 21.8 Å². The summed E-state index contributed by atoms with van der Waals surface area (Å²) < 4.78 is 5.42. The Morgan fingerprint density at radius 3 is 2.71 bits per heavy atom. The number of carbonyl (C=O) groups is 1. The van der Waals surface area contributed by atoms with Crippen LogP contribution in [0.3, 0.4) is 0 Å². The van der Waals surface area contributed by atoms with E-state index >= 15 is 0 Å². The van der Waals surface area contributed by atoms with Crippen molar-refractivity contribution in [3.05, 3.63) is 77.3 Å². The van der Waals surface area contributed by atoms with E-state index in [1.807, 2.05) is 66.7 Å². The van der Waals surface area contributed by atoms with Crippen LogP contribution < -0.4 is 5.32 Å². The summed E-state index contributed by atoms with van der Waals surface area (Å²) in [7, 11) is 0. The minimum atomic E-state index is -1.17. The summed E-state index contributed by atoms with van der Waals surface area (Å²) in [6, 6.07) is 20.2. The number of aromatic nitrogens is 1. The quantitative estimate of drug-likeness (QED) is 0.335. The molecule has 4 aromatic rings. The maximum absolute atomic E-state index is 11.0. The number of hydrogen-bond donors (Lipinski definition) is 3. The first-order valence-electron chi connectivity index (χ1n) is 9.44. The third-order valence-electron chi connectivity index (χ3n) is 4.69. The second-order valence-electron chi connectivity index (χ2n) is 6.76. The van der Waals surface area contributed by atoms with Gasteiger partial charge < -0.3 is 15.5 Å². The Morgan fingerprint density at radius 2 is 1.97 bits per heavy atom. The maximum atomic E-state index is 11.0. The topological polar surface area (TPSA) is 94.8 Å². The standard InChI is InChI=1S/C23H18ClN3O3S/c24-21-16(15-5-2-1-3-6-15)7-4-8-18(21)26-22-17-10-9-14(11-20(17)31-27-22)12-25-19(13-28)23(29)30/h1-12,19,28H,13H2,(H,26,27)(H,29,30)/t19-/m0/s1. The van der Waals surface area contributed by atoms with Gasteiger partial charge in [-0.05, 0) is 40.9 Å². The predicted octanol–water partition coefficient (Wildman–Crippen LogP) is 5.22. The number of halogens is 1. The molecule has 1 aromatic heterocycles. The van der Waals surface area contributed by atoms with Crippen LogP contribution in [0.25, 0.3) is 21.2 Å². The Morgan fingerprint density at radius 1 is 1.16 bits per heavy atom. The molecule has 31 heavy (non-hydrogen) atoms. The second-order valence-corrected chi connectivity index (χ2v) is 7.94. The number of aliphatic hydroxyl groups excluding tert-OH is 1. The lowest BCUT2D eigenvalue weighted by Crippen LogP contribution is -2.22. The number of anilines is 2. The van der Waals surface area contributed by atoms with Crippen LogP contribution in [0.2, 0.25) is 5.02 Å². The van der Waals surface area contributed by atoms with Crippen LogP contribution in [0.4, 0.5) is 11.5 Å². The van der Waals surface area contributed by atoms with Crippen molar-refractivity contribution in [2.24, 2.45) is 4.99 Å². The smallest absolute Gasteiger partial charge is 0.330 e. The SMILES string of the molecule is O=C(O)[C@H](CO)N=Cc1ccc2c(Nc3cccc(-c4ccccc4)c3Cl)nsc2c1. The first kappa shape index (κ1) is 21.0. The number of nitrogens with one attached hydrogen (secondary N) is 1. The van der Waals surface area contributed by atoms with Gasteiger partial charge in [-0.15, -0.1) is 0 Å². The normalized spacial score (nSPS) is 12.3. The predicted molar refractivity (Wildman–Crippen MR) is 126 cm³/mol. The lowest BCUT2D eigenvalue weighted by Gasteiger charge is -2.11. The van der Waals surface area contributed by atoms with Crippen molar-refractivity contribution >= 4 is 56.9 Å². The van der Waals surface area contributed by atoms with E-state index in [9.17, 15) is 4.79 Å². The average molecular weight is 452 g/mol. The van der Waals surface area contributed by atoms with Gasteiger partial charge >= 0.3 is 5.97 Å². The lowest BCUT2D eigenvalue weighted by molar-refractivity contribution is -0.139. The van der Waals surface area contributed by atoms with Gasteiger partial charge in [-0.2, -0.15) is 4.37 Å². The molecule has 0 saturated carbocycles. The number of fused-ring (bicyclic) bond motifs is 1. The molecule has 0 aliphatic carbocycles. The van der Waals surface area contributed by atoms with Gasteiger partial charge in [-0.3, -0.25) is 4.99 Å². The Labute approximate surface area is 187 Å². The van der Waals surface area contributed by atoms with E-state index in [0.717, 1.165) is 32.5 Å². The largest absolute Gasteiger partial charge is 0.480 e. The fourth-order valence-corrected chi connectivity index (χ4v) is 4.15. The molecule has 8 heteroatoms. The van der Waals surface area contributed by atoms with Gasteiger partial charge in [-0.1, -0.05) is 60.1 Å². The number of aliphatic carboxylic acids is 1. The molecule has 0 amide bonds. The van der Waals surface area contributed by atoms with E-state index < -0.39 is 18.6 Å². The molecule has 0 unspecified atom stereocenters. The molecule has 0 aliphatic heterocycles. The number of aliphatic hydroxyl groups is 1. The molecule has 0 bridgehead atoms. The zero-order chi connectivity index (χ0) is 21.8. The van der Waals surface area contributed by atoms with E-state index in [1.54, 1.807) is 0 Å². The summed E-state index contributed by atoms with van der Waals surface area (Å²) >= 11 is 7.99. The van der Waals surface area contributed by atoms with Crippen LogP contribution in [0.15, 0.2) is 71.7 Å². The molecular weight excluding hydrogens is 434 g/mol. The summed E-state index contributed by atoms with van der Waals surface area (Å²) in [5, 5.41) is 22.9. The second kappa shape index (κ2) is 9.26. The van der Waals surface area contributed by atoms with Crippen LogP contribution in [-0.2, 0) is 4.79 Å². The fourth-order valence-electron chi connectivity index (χ4n) is 3.09. The van der Waals surface area contributed by atoms with E-state index in [2.05, 4.69) is 14.7 Å². The van der Waals surface area contributed by atoms with Gasteiger partial charge in [0.1, 0.15) is 0 Å². The molecule has 0 fully saturated rings. The monoisotopic (exact) mass is 451 g/mol. The Balaban J connectivity index is 1.61. The number of rotatable bonds is 7. The molecular formula is C23H18ClN3O3S. The molecule has 156 valence electrons. The minimum absolute atomic E-state index is 0.550. The highest BCUT2D eigenvalue weighted by atomic mass is 35.5. The summed E-state index contributed by atoms with van der Waals surface area (Å²) in [6.07, 6.45) is 1.45. The van der Waals surface area contributed by atoms with Crippen LogP contribution in [0.1, 0.15) is 5.56 Å². The molecule has 6 nitrogen and oxygen atoms in total. The molecule has 0 saturated heterocycles. The summed E-state index contributed by atoms with van der Waals surface area (Å²) in [5.41, 5.74) is 3.45. The van der Waals surface area contributed by atoms with E-state index in [-0.39, 0.29) is 0 Å². The fraction of sp³-hybridized carbons (Fsp3) is 0.0870. The Kier molecular flexibility index (Phi) is 6.27. The van der Waals surface area contributed by atoms with Gasteiger partial charge in [0.2, 0.25) is 0 Å². The van der Waals surface area contributed by atoms with E-state index in [1.165, 1.54) is 17.7 Å². The number of nitrogens with zero attached hydrogens (tertiary/aromatic N) is 2. The number of aliphatic imine (C=N–C) groups is 1. The Bertz CT molecular complexity index is 1260. The van der Waals surface area contributed by atoms with Crippen molar-refractivity contribution < 1.29 is 15.0 Å². The van der Waals surface area contributed by atoms with Gasteiger partial charge in [-0.25, -0.2) is 4.79 Å². The molecule has 0 radical (unpaired) electrons. The highest BCUT2D eigenvalue weighted by molar-refractivity contribution is 7.13. The van der Waals surface area contributed by atoms with Crippen molar-refractivity contribution in [1.29, 1.82) is 0 Å². The first-order valence-corrected chi connectivity index (χ1v) is 10.6. The van der Waals surface area contributed by atoms with Crippen molar-refractivity contribution in [3.8, 4) is 11.1 Å². The average Bonchev–Trinajstić information content (AvgIpc) is 3.18. The van der Waals surface area contributed by atoms with Crippen LogP contribution in [0, 0.1) is 0 Å². The lowest BCUT2D eigenvalue weighted by atomic mass is 10.0. The van der Waals surface area contributed by atoms with Gasteiger partial charge in [0, 0.05) is 17.2 Å². The zero-order valence-corrected chi connectivity index (χ0v) is 17.8. The zero-order valence-electron chi connectivity index (χ0n) is 16.2. The molecule has 3 N–H and O–H groups in total. The Hall–Kier alpha value is -3.26. The maximum Gasteiger partial charge on any atom is 0.330 e. The minimum Gasteiger partial charge on any atom is -0.480 e. The highest BCUT2D eigenvalue weighted by Crippen LogP contribution is 2.37. The summed E-state index contributed by atoms with van der Waals surface area (Å²) in [6.45, 7) is -0.550. The third kappa shape index (κ3) is 4.59. The molecule has 4 rings (SSSR count). The summed E-state index contributed by atoms with van der Waals surface area (Å²) in [4.78, 5) is 14.9. The van der Waals surface area contributed by atoms with Gasteiger partial charge in [0.25, 0.3) is 0 Å².